The molecule has 0 aliphatic heterocycles. The van der Waals surface area contributed by atoms with Crippen LogP contribution in [0.4, 0.5) is 0 Å². The number of nitrogens with zero attached hydrogens (tertiary/aromatic N) is 2. The lowest BCUT2D eigenvalue weighted by atomic mass is 10.3. The molecule has 1 rings (SSSR count). The van der Waals surface area contributed by atoms with E-state index in [-0.39, 0.29) is 0 Å². The Morgan fingerprint density at radius 3 is 2.91 bits per heavy atom. The summed E-state index contributed by atoms with van der Waals surface area (Å²) in [4.78, 5) is 3.71. The quantitative estimate of drug-likeness (QED) is 0.320. The third kappa shape index (κ3) is 2.06. The van der Waals surface area contributed by atoms with E-state index in [0.717, 1.165) is 0 Å². The van der Waals surface area contributed by atoms with Crippen LogP contribution in [0.1, 0.15) is 5.56 Å². The second-order valence-corrected chi connectivity index (χ2v) is 2.57. The minimum atomic E-state index is 0.310. The summed E-state index contributed by atoms with van der Waals surface area (Å²) < 4.78 is 0. The van der Waals surface area contributed by atoms with E-state index in [0.29, 0.717) is 15.7 Å². The van der Waals surface area contributed by atoms with Crippen molar-refractivity contribution in [1.82, 2.24) is 4.98 Å². The SMILES string of the molecule is ON=Cc1cc(Cl)ncc1Cl. The molecule has 0 bridgehead atoms. The normalized spacial score (nSPS) is 10.7. The maximum absolute atomic E-state index is 8.18. The number of aromatic nitrogens is 1. The lowest BCUT2D eigenvalue weighted by Crippen LogP contribution is -1.85. The van der Waals surface area contributed by atoms with Crippen molar-refractivity contribution < 1.29 is 5.21 Å². The number of pyridine rings is 1. The highest BCUT2D eigenvalue weighted by atomic mass is 35.5. The lowest BCUT2D eigenvalue weighted by Gasteiger charge is -1.94. The molecule has 0 unspecified atom stereocenters. The van der Waals surface area contributed by atoms with Crippen molar-refractivity contribution in [3.8, 4) is 0 Å². The molecule has 58 valence electrons. The second-order valence-electron chi connectivity index (χ2n) is 1.77. The van der Waals surface area contributed by atoms with Crippen molar-refractivity contribution >= 4 is 29.4 Å². The Labute approximate surface area is 73.3 Å². The van der Waals surface area contributed by atoms with Gasteiger partial charge in [-0.1, -0.05) is 28.4 Å². The van der Waals surface area contributed by atoms with Crippen LogP contribution in [0.25, 0.3) is 0 Å². The summed E-state index contributed by atoms with van der Waals surface area (Å²) in [6.07, 6.45) is 2.58. The van der Waals surface area contributed by atoms with Gasteiger partial charge >= 0.3 is 0 Å². The van der Waals surface area contributed by atoms with Crippen LogP contribution >= 0.6 is 23.2 Å². The Hall–Kier alpha value is -0.800. The topological polar surface area (TPSA) is 45.5 Å². The molecule has 1 heterocycles. The van der Waals surface area contributed by atoms with E-state index in [1.807, 2.05) is 0 Å². The zero-order chi connectivity index (χ0) is 8.27. The molecule has 1 N–H and O–H groups in total. The number of hydrogen-bond donors (Lipinski definition) is 1. The van der Waals surface area contributed by atoms with Gasteiger partial charge in [-0.25, -0.2) is 4.98 Å². The van der Waals surface area contributed by atoms with E-state index < -0.39 is 0 Å². The fourth-order valence-corrected chi connectivity index (χ4v) is 0.907. The molecular formula is C6H4Cl2N2O. The average Bonchev–Trinajstić information content (AvgIpc) is 1.98. The summed E-state index contributed by atoms with van der Waals surface area (Å²) in [7, 11) is 0. The molecule has 0 aromatic carbocycles. The van der Waals surface area contributed by atoms with Crippen molar-refractivity contribution in [3.63, 3.8) is 0 Å². The Morgan fingerprint density at radius 1 is 1.55 bits per heavy atom. The first-order valence-corrected chi connectivity index (χ1v) is 3.48. The minimum absolute atomic E-state index is 0.310. The van der Waals surface area contributed by atoms with Gasteiger partial charge in [0.2, 0.25) is 0 Å². The van der Waals surface area contributed by atoms with E-state index >= 15 is 0 Å². The Kier molecular flexibility index (Phi) is 2.68. The average molecular weight is 191 g/mol. The van der Waals surface area contributed by atoms with Gasteiger partial charge in [0.15, 0.2) is 0 Å². The van der Waals surface area contributed by atoms with Gasteiger partial charge in [0.1, 0.15) is 5.15 Å². The van der Waals surface area contributed by atoms with Crippen LogP contribution in [0.3, 0.4) is 0 Å². The zero-order valence-corrected chi connectivity index (χ0v) is 6.84. The molecule has 0 amide bonds. The lowest BCUT2D eigenvalue weighted by molar-refractivity contribution is 0.322. The first-order chi connectivity index (χ1) is 5.24. The summed E-state index contributed by atoms with van der Waals surface area (Å²) >= 11 is 11.2. The fraction of sp³-hybridized carbons (Fsp3) is 0. The predicted molar refractivity (Wildman–Crippen MR) is 43.6 cm³/mol. The van der Waals surface area contributed by atoms with E-state index in [1.54, 1.807) is 0 Å². The summed E-state index contributed by atoms with van der Waals surface area (Å²) in [5.41, 5.74) is 0.536. The van der Waals surface area contributed by atoms with Crippen molar-refractivity contribution in [2.75, 3.05) is 0 Å². The Bertz CT molecular complexity index is 288. The molecule has 11 heavy (non-hydrogen) atoms. The number of hydrogen-bond acceptors (Lipinski definition) is 3. The second kappa shape index (κ2) is 3.55. The van der Waals surface area contributed by atoms with Gasteiger partial charge < -0.3 is 5.21 Å². The molecule has 0 radical (unpaired) electrons. The third-order valence-electron chi connectivity index (χ3n) is 1.05. The molecule has 0 aliphatic carbocycles. The summed E-state index contributed by atoms with van der Waals surface area (Å²) in [5.74, 6) is 0. The van der Waals surface area contributed by atoms with Crippen molar-refractivity contribution in [3.05, 3.63) is 28.0 Å². The first-order valence-electron chi connectivity index (χ1n) is 2.72. The molecule has 0 saturated carbocycles. The van der Waals surface area contributed by atoms with E-state index in [2.05, 4.69) is 10.1 Å². The Morgan fingerprint density at radius 2 is 2.27 bits per heavy atom. The van der Waals surface area contributed by atoms with Gasteiger partial charge in [-0.2, -0.15) is 0 Å². The summed E-state index contributed by atoms with van der Waals surface area (Å²) in [6.45, 7) is 0. The van der Waals surface area contributed by atoms with Gasteiger partial charge in [-0.15, -0.1) is 0 Å². The van der Waals surface area contributed by atoms with E-state index in [9.17, 15) is 0 Å². The van der Waals surface area contributed by atoms with Crippen LogP contribution in [-0.2, 0) is 0 Å². The van der Waals surface area contributed by atoms with Gasteiger partial charge in [0.05, 0.1) is 11.2 Å². The molecule has 1 aromatic rings. The summed E-state index contributed by atoms with van der Waals surface area (Å²) in [5, 5.41) is 11.7. The number of rotatable bonds is 1. The molecule has 5 heteroatoms. The zero-order valence-electron chi connectivity index (χ0n) is 5.33. The van der Waals surface area contributed by atoms with Crippen LogP contribution in [0.5, 0.6) is 0 Å². The minimum Gasteiger partial charge on any atom is -0.411 e. The van der Waals surface area contributed by atoms with Gasteiger partial charge in [0.25, 0.3) is 0 Å². The maximum atomic E-state index is 8.18. The van der Waals surface area contributed by atoms with Crippen molar-refractivity contribution in [1.29, 1.82) is 0 Å². The molecular weight excluding hydrogens is 187 g/mol. The van der Waals surface area contributed by atoms with Gasteiger partial charge in [-0.05, 0) is 6.07 Å². The highest BCUT2D eigenvalue weighted by Crippen LogP contribution is 2.15. The van der Waals surface area contributed by atoms with Crippen LogP contribution in [0.2, 0.25) is 10.2 Å². The van der Waals surface area contributed by atoms with Crippen molar-refractivity contribution in [2.24, 2.45) is 5.16 Å². The van der Waals surface area contributed by atoms with Crippen molar-refractivity contribution in [2.45, 2.75) is 0 Å². The Balaban J connectivity index is 3.12. The standard InChI is InChI=1S/C6H4Cl2N2O/c7-5-3-9-6(8)1-4(5)2-10-11/h1-3,11H. The van der Waals surface area contributed by atoms with Crippen LogP contribution < -0.4 is 0 Å². The highest BCUT2D eigenvalue weighted by molar-refractivity contribution is 6.34. The molecule has 0 fully saturated rings. The van der Waals surface area contributed by atoms with E-state index in [4.69, 9.17) is 28.4 Å². The number of oxime groups is 1. The molecule has 3 nitrogen and oxygen atoms in total. The smallest absolute Gasteiger partial charge is 0.129 e. The molecule has 0 spiro atoms. The molecule has 0 saturated heterocycles. The largest absolute Gasteiger partial charge is 0.411 e. The van der Waals surface area contributed by atoms with Crippen LogP contribution in [0.15, 0.2) is 17.4 Å². The van der Waals surface area contributed by atoms with E-state index in [1.165, 1.54) is 18.5 Å². The van der Waals surface area contributed by atoms with Crippen LogP contribution in [0, 0.1) is 0 Å². The number of halogens is 2. The summed E-state index contributed by atoms with van der Waals surface area (Å²) in [6, 6.07) is 1.50. The monoisotopic (exact) mass is 190 g/mol. The van der Waals surface area contributed by atoms with Gasteiger partial charge in [-0.3, -0.25) is 0 Å². The molecule has 0 atom stereocenters. The highest BCUT2D eigenvalue weighted by Gasteiger charge is 1.98. The maximum Gasteiger partial charge on any atom is 0.129 e. The first kappa shape index (κ1) is 8.30. The van der Waals surface area contributed by atoms with Gasteiger partial charge in [0, 0.05) is 11.8 Å². The van der Waals surface area contributed by atoms with Crippen LogP contribution in [-0.4, -0.2) is 16.4 Å². The fourth-order valence-electron chi connectivity index (χ4n) is 0.589. The third-order valence-corrected chi connectivity index (χ3v) is 1.57. The predicted octanol–water partition coefficient (Wildman–Crippen LogP) is 2.20. The molecule has 0 aliphatic rings. The molecule has 1 aromatic heterocycles.